The summed E-state index contributed by atoms with van der Waals surface area (Å²) in [6.45, 7) is 6.43. The summed E-state index contributed by atoms with van der Waals surface area (Å²) in [6.07, 6.45) is 6.40. The fourth-order valence-corrected chi connectivity index (χ4v) is 4.16. The Morgan fingerprint density at radius 2 is 1.71 bits per heavy atom. The number of benzene rings is 1. The highest BCUT2D eigenvalue weighted by Gasteiger charge is 2.18. The molecule has 0 spiro atoms. The van der Waals surface area contributed by atoms with Crippen LogP contribution in [0.5, 0.6) is 0 Å². The van der Waals surface area contributed by atoms with Crippen LogP contribution in [0.1, 0.15) is 35.2 Å². The summed E-state index contributed by atoms with van der Waals surface area (Å²) in [5.41, 5.74) is 5.37. The monoisotopic (exact) mass is 423 g/mol. The second-order valence-electron chi connectivity index (χ2n) is 7.48. The van der Waals surface area contributed by atoms with Crippen LogP contribution in [-0.4, -0.2) is 48.1 Å². The van der Waals surface area contributed by atoms with Gasteiger partial charge in [0, 0.05) is 38.7 Å². The summed E-state index contributed by atoms with van der Waals surface area (Å²) < 4.78 is 0. The molecule has 2 aromatic rings. The molecule has 0 amide bonds. The van der Waals surface area contributed by atoms with E-state index in [0.717, 1.165) is 44.8 Å². The highest BCUT2D eigenvalue weighted by atomic mass is 35.5. The molecule has 2 aliphatic heterocycles. The quantitative estimate of drug-likeness (QED) is 0.799. The van der Waals surface area contributed by atoms with Crippen LogP contribution in [0.15, 0.2) is 30.6 Å². The van der Waals surface area contributed by atoms with Crippen LogP contribution >= 0.6 is 24.8 Å². The molecule has 154 valence electrons. The number of fused-ring (bicyclic) bond motifs is 1. The Bertz CT molecular complexity index is 749. The fraction of sp³-hybridized carbons (Fsp3) is 0.524. The Labute approximate surface area is 180 Å². The minimum atomic E-state index is 0. The molecular weight excluding hydrogens is 393 g/mol. The second kappa shape index (κ2) is 11.0. The third kappa shape index (κ3) is 5.35. The lowest BCUT2D eigenvalue weighted by molar-refractivity contribution is 0.330. The van der Waals surface area contributed by atoms with Crippen LogP contribution < -0.4 is 10.2 Å². The van der Waals surface area contributed by atoms with E-state index in [2.05, 4.69) is 56.4 Å². The number of hydrogen-bond donors (Lipinski definition) is 1. The molecule has 1 N–H and O–H groups in total. The first-order valence-electron chi connectivity index (χ1n) is 9.85. The Morgan fingerprint density at radius 1 is 1.00 bits per heavy atom. The molecule has 0 bridgehead atoms. The maximum absolute atomic E-state index is 4.64. The van der Waals surface area contributed by atoms with E-state index in [1.54, 1.807) is 6.33 Å². The largest absolute Gasteiger partial charge is 0.355 e. The predicted octanol–water partition coefficient (Wildman–Crippen LogP) is 3.24. The van der Waals surface area contributed by atoms with Crippen molar-refractivity contribution in [2.75, 3.05) is 38.1 Å². The molecule has 7 heteroatoms. The molecule has 1 aromatic carbocycles. The molecule has 0 unspecified atom stereocenters. The molecular formula is C21H31Cl2N5. The molecule has 4 rings (SSSR count). The molecule has 1 fully saturated rings. The maximum atomic E-state index is 4.64. The van der Waals surface area contributed by atoms with Crippen LogP contribution in [0.3, 0.4) is 0 Å². The predicted molar refractivity (Wildman–Crippen MR) is 120 cm³/mol. The van der Waals surface area contributed by atoms with Gasteiger partial charge in [-0.25, -0.2) is 9.97 Å². The molecule has 2 aliphatic rings. The lowest BCUT2D eigenvalue weighted by atomic mass is 10.1. The van der Waals surface area contributed by atoms with Crippen molar-refractivity contribution in [3.8, 4) is 0 Å². The molecule has 0 atom stereocenters. The van der Waals surface area contributed by atoms with Gasteiger partial charge in [0.15, 0.2) is 0 Å². The highest BCUT2D eigenvalue weighted by Crippen LogP contribution is 2.24. The van der Waals surface area contributed by atoms with E-state index in [1.807, 2.05) is 0 Å². The molecule has 0 aliphatic carbocycles. The smallest absolute Gasteiger partial charge is 0.135 e. The van der Waals surface area contributed by atoms with E-state index in [4.69, 9.17) is 0 Å². The number of halogens is 2. The number of nitrogens with one attached hydrogen (secondary N) is 1. The van der Waals surface area contributed by atoms with Gasteiger partial charge in [-0.3, -0.25) is 4.90 Å². The van der Waals surface area contributed by atoms with Gasteiger partial charge >= 0.3 is 0 Å². The third-order valence-corrected chi connectivity index (χ3v) is 5.58. The van der Waals surface area contributed by atoms with E-state index < -0.39 is 0 Å². The topological polar surface area (TPSA) is 44.3 Å². The Kier molecular flexibility index (Phi) is 8.96. The zero-order chi connectivity index (χ0) is 17.8. The van der Waals surface area contributed by atoms with Crippen LogP contribution in [0.2, 0.25) is 0 Å². The molecule has 1 aromatic heterocycles. The lowest BCUT2D eigenvalue weighted by Gasteiger charge is -2.24. The van der Waals surface area contributed by atoms with Gasteiger partial charge in [0.05, 0.1) is 5.69 Å². The fourth-order valence-electron chi connectivity index (χ4n) is 4.16. The molecule has 0 radical (unpaired) electrons. The first-order chi connectivity index (χ1) is 12.8. The van der Waals surface area contributed by atoms with Gasteiger partial charge in [-0.2, -0.15) is 0 Å². The van der Waals surface area contributed by atoms with Crippen molar-refractivity contribution in [1.82, 2.24) is 20.2 Å². The van der Waals surface area contributed by atoms with Gasteiger partial charge in [0.1, 0.15) is 12.1 Å². The second-order valence-corrected chi connectivity index (χ2v) is 7.48. The highest BCUT2D eigenvalue weighted by molar-refractivity contribution is 5.85. The van der Waals surface area contributed by atoms with Crippen molar-refractivity contribution in [2.45, 2.75) is 38.8 Å². The number of aromatic nitrogens is 2. The zero-order valence-corrected chi connectivity index (χ0v) is 18.2. The molecule has 5 nitrogen and oxygen atoms in total. The van der Waals surface area contributed by atoms with Crippen molar-refractivity contribution in [3.63, 3.8) is 0 Å². The summed E-state index contributed by atoms with van der Waals surface area (Å²) in [5, 5.41) is 3.47. The van der Waals surface area contributed by atoms with Crippen LogP contribution in [0, 0.1) is 0 Å². The summed E-state index contributed by atoms with van der Waals surface area (Å²) in [7, 11) is 2.16. The number of likely N-dealkylation sites (tertiary alicyclic amines) is 1. The first-order valence-corrected chi connectivity index (χ1v) is 9.85. The summed E-state index contributed by atoms with van der Waals surface area (Å²) in [4.78, 5) is 14.0. The minimum absolute atomic E-state index is 0. The number of rotatable bonds is 5. The average molecular weight is 424 g/mol. The minimum Gasteiger partial charge on any atom is -0.355 e. The number of anilines is 1. The lowest BCUT2D eigenvalue weighted by Crippen LogP contribution is -2.24. The molecule has 28 heavy (non-hydrogen) atoms. The van der Waals surface area contributed by atoms with Crippen LogP contribution in [0.25, 0.3) is 0 Å². The summed E-state index contributed by atoms with van der Waals surface area (Å²) in [6, 6.07) is 8.87. The first kappa shape index (κ1) is 22.9. The SMILES string of the molecule is CN(Cc1ccccc1CN1CCCC1)c1ncnc2c1CCNCC2.Cl.Cl. The van der Waals surface area contributed by atoms with Crippen molar-refractivity contribution in [1.29, 1.82) is 0 Å². The van der Waals surface area contributed by atoms with E-state index in [1.165, 1.54) is 48.3 Å². The zero-order valence-electron chi connectivity index (χ0n) is 16.6. The van der Waals surface area contributed by atoms with Gasteiger partial charge in [0.25, 0.3) is 0 Å². The molecule has 3 heterocycles. The standard InChI is InChI=1S/C21H29N5.2ClH/c1-25(21-19-8-10-22-11-9-20(19)23-16-24-21)14-17-6-2-3-7-18(17)15-26-12-4-5-13-26;;/h2-3,6-7,16,22H,4-5,8-15H2,1H3;2*1H. The normalized spacial score (nSPS) is 16.5. The third-order valence-electron chi connectivity index (χ3n) is 5.58. The van der Waals surface area contributed by atoms with E-state index in [-0.39, 0.29) is 24.8 Å². The Morgan fingerprint density at radius 3 is 2.50 bits per heavy atom. The van der Waals surface area contributed by atoms with Gasteiger partial charge in [-0.05, 0) is 50.0 Å². The average Bonchev–Trinajstić information content (AvgIpc) is 3.05. The Hall–Kier alpha value is -1.40. The van der Waals surface area contributed by atoms with Crippen molar-refractivity contribution < 1.29 is 0 Å². The van der Waals surface area contributed by atoms with Crippen molar-refractivity contribution >= 4 is 30.6 Å². The van der Waals surface area contributed by atoms with Gasteiger partial charge in [-0.1, -0.05) is 24.3 Å². The van der Waals surface area contributed by atoms with Crippen molar-refractivity contribution in [3.05, 3.63) is 53.0 Å². The number of hydrogen-bond acceptors (Lipinski definition) is 5. The van der Waals surface area contributed by atoms with Gasteiger partial charge in [0.2, 0.25) is 0 Å². The summed E-state index contributed by atoms with van der Waals surface area (Å²) in [5.74, 6) is 1.09. The molecule has 0 saturated carbocycles. The van der Waals surface area contributed by atoms with Crippen LogP contribution in [0.4, 0.5) is 5.82 Å². The van der Waals surface area contributed by atoms with E-state index in [0.29, 0.717) is 0 Å². The van der Waals surface area contributed by atoms with Gasteiger partial charge < -0.3 is 10.2 Å². The van der Waals surface area contributed by atoms with Crippen molar-refractivity contribution in [2.24, 2.45) is 0 Å². The number of nitrogens with zero attached hydrogens (tertiary/aromatic N) is 4. The van der Waals surface area contributed by atoms with Gasteiger partial charge in [-0.15, -0.1) is 24.8 Å². The Balaban J connectivity index is 0.00000140. The van der Waals surface area contributed by atoms with E-state index >= 15 is 0 Å². The maximum Gasteiger partial charge on any atom is 0.135 e. The van der Waals surface area contributed by atoms with E-state index in [9.17, 15) is 0 Å². The molecule has 1 saturated heterocycles. The summed E-state index contributed by atoms with van der Waals surface area (Å²) >= 11 is 0. The van der Waals surface area contributed by atoms with Crippen LogP contribution in [-0.2, 0) is 25.9 Å².